The van der Waals surface area contributed by atoms with Crippen molar-refractivity contribution in [2.24, 2.45) is 5.11 Å². The van der Waals surface area contributed by atoms with Gasteiger partial charge in [0.1, 0.15) is 85.9 Å². The van der Waals surface area contributed by atoms with Gasteiger partial charge >= 0.3 is 13.1 Å². The van der Waals surface area contributed by atoms with Gasteiger partial charge in [0.2, 0.25) is 0 Å². The first-order valence-electron chi connectivity index (χ1n) is 15.4. The zero-order valence-electron chi connectivity index (χ0n) is 27.7. The molecule has 3 saturated heterocycles. The first kappa shape index (κ1) is 45.7. The van der Waals surface area contributed by atoms with Crippen molar-refractivity contribution in [2.45, 2.75) is 21.9 Å². The van der Waals surface area contributed by atoms with Crippen LogP contribution in [0.5, 0.6) is 5.75 Å². The van der Waals surface area contributed by atoms with E-state index in [9.17, 15) is 40.3 Å². The van der Waals surface area contributed by atoms with E-state index in [0.717, 1.165) is 85.9 Å². The van der Waals surface area contributed by atoms with E-state index in [1.54, 1.807) is 6.07 Å². The summed E-state index contributed by atoms with van der Waals surface area (Å²) >= 11 is 0.697. The Morgan fingerprint density at radius 2 is 1.61 bits per heavy atom. The third kappa shape index (κ3) is 11.2. The summed E-state index contributed by atoms with van der Waals surface area (Å²) in [7, 11) is -15.9. The van der Waals surface area contributed by atoms with Gasteiger partial charge in [0.25, 0.3) is 10.0 Å². The predicted molar refractivity (Wildman–Crippen MR) is 177 cm³/mol. The lowest BCUT2D eigenvalue weighted by Crippen LogP contribution is -3.00. The molecule has 0 radical (unpaired) electrons. The maximum Gasteiger partial charge on any atom is 0.485 e. The smallest absolute Gasteiger partial charge is 0.485 e. The number of sulfonamides is 1. The van der Waals surface area contributed by atoms with Crippen molar-refractivity contribution in [3.8, 4) is 11.8 Å². The maximum atomic E-state index is 15.1. The fourth-order valence-corrected chi connectivity index (χ4v) is 10.1. The van der Waals surface area contributed by atoms with Crippen molar-refractivity contribution in [1.29, 1.82) is 5.26 Å². The second kappa shape index (κ2) is 17.6. The molecule has 298 valence electrons. The monoisotopic (exact) mass is 959 g/mol. The van der Waals surface area contributed by atoms with Gasteiger partial charge in [-0.25, -0.2) is 25.6 Å². The molecule has 1 unspecified atom stereocenters. The van der Waals surface area contributed by atoms with Gasteiger partial charge in [0.15, 0.2) is 10.1 Å². The molecule has 0 spiro atoms. The van der Waals surface area contributed by atoms with Crippen molar-refractivity contribution >= 4 is 49.2 Å². The van der Waals surface area contributed by atoms with E-state index in [0.29, 0.717) is 30.6 Å². The van der Waals surface area contributed by atoms with Gasteiger partial charge in [-0.05, 0) is 35.4 Å². The Hall–Kier alpha value is -2.73. The lowest BCUT2D eigenvalue weighted by molar-refractivity contribution is -1.08. The third-order valence-electron chi connectivity index (χ3n) is 9.05. The highest BCUT2D eigenvalue weighted by Gasteiger charge is 2.48. The van der Waals surface area contributed by atoms with Crippen LogP contribution in [0.3, 0.4) is 0 Å². The van der Waals surface area contributed by atoms with Crippen LogP contribution in [0.15, 0.2) is 45.7 Å². The zero-order chi connectivity index (χ0) is 39.5. The number of rotatable bonds is 13. The number of alkyl halides is 3. The van der Waals surface area contributed by atoms with Crippen molar-refractivity contribution < 1.29 is 95.4 Å². The first-order chi connectivity index (χ1) is 24.5. The number of benzene rings is 2. The van der Waals surface area contributed by atoms with Gasteiger partial charge in [-0.1, -0.05) is 11.2 Å². The van der Waals surface area contributed by atoms with Crippen molar-refractivity contribution in [2.75, 3.05) is 65.5 Å². The Bertz CT molecular complexity index is 2190. The lowest BCUT2D eigenvalue weighted by atomic mass is 10.1. The topological polar surface area (TPSA) is 243 Å². The minimum Gasteiger partial charge on any atom is -1.00 e. The Labute approximate surface area is 326 Å². The summed E-state index contributed by atoms with van der Waals surface area (Å²) in [5, 5.41) is 12.6. The van der Waals surface area contributed by atoms with Gasteiger partial charge in [-0.3, -0.25) is 4.57 Å². The highest BCUT2D eigenvalue weighted by Crippen LogP contribution is 2.51. The number of hydrogen-bond donors (Lipinski definition) is 3. The SMILES string of the molecule is N#Cc1ccc(C(NS(=O)(=O)c2cc3c(F)cc(OCC[N+]45CC[N+](CCCN=[N+]=[N-])(CC4)CC5)cc3s2)P(=O)(O)O)cc1F.O=S(=O)([O-])C(F)(F)F.[I-]. The molecule has 0 saturated carbocycles. The summed E-state index contributed by atoms with van der Waals surface area (Å²) in [5.74, 6) is -3.69. The molecule has 3 aliphatic heterocycles. The number of piperazine rings is 3. The van der Waals surface area contributed by atoms with E-state index in [-0.39, 0.29) is 50.9 Å². The van der Waals surface area contributed by atoms with Crippen LogP contribution in [-0.4, -0.2) is 111 Å². The van der Waals surface area contributed by atoms with Crippen LogP contribution in [0.1, 0.15) is 23.3 Å². The Morgan fingerprint density at radius 1 is 1.04 bits per heavy atom. The summed E-state index contributed by atoms with van der Waals surface area (Å²) < 4.78 is 136. The van der Waals surface area contributed by atoms with E-state index in [2.05, 4.69) is 10.0 Å². The van der Waals surface area contributed by atoms with E-state index in [1.807, 2.05) is 4.72 Å². The van der Waals surface area contributed by atoms with Crippen molar-refractivity contribution in [3.05, 3.63) is 69.6 Å². The molecule has 1 atom stereocenters. The molecule has 3 fully saturated rings. The molecule has 0 aliphatic carbocycles. The van der Waals surface area contributed by atoms with E-state index < -0.39 is 54.9 Å². The fraction of sp³-hybridized carbons (Fsp3) is 0.464. The van der Waals surface area contributed by atoms with Crippen LogP contribution in [0.4, 0.5) is 22.0 Å². The Morgan fingerprint density at radius 3 is 2.11 bits per heavy atom. The van der Waals surface area contributed by atoms with E-state index in [4.69, 9.17) is 28.5 Å². The molecule has 3 aromatic rings. The Kier molecular flexibility index (Phi) is 14.9. The summed E-state index contributed by atoms with van der Waals surface area (Å²) in [4.78, 5) is 22.6. The molecule has 16 nitrogen and oxygen atoms in total. The molecule has 3 N–H and O–H groups in total. The number of hydrogen-bond acceptors (Lipinski definition) is 10. The van der Waals surface area contributed by atoms with Crippen LogP contribution >= 0.6 is 18.9 Å². The van der Waals surface area contributed by atoms with Gasteiger partial charge in [0, 0.05) is 34.0 Å². The normalized spacial score (nSPS) is 20.5. The standard InChI is InChI=1S/C27H30F2N7O6PS2.CHF3O3S.HI/c28-23-14-19(2-3-20(23)18-30)27(43(37,38)39)33-45(40,41)26-17-22-24(29)15-21(16-25(22)44-26)42-13-12-36-9-6-35(7-10-36,8-11-36)5-1-4-32-34-31;2-1(3,4)8(5,6)7;/h2-3,14-17,27,33H,1,4-13H2;(H,5,6,7);1H. The van der Waals surface area contributed by atoms with Crippen LogP contribution in [0.25, 0.3) is 20.5 Å². The average molecular weight is 960 g/mol. The van der Waals surface area contributed by atoms with Gasteiger partial charge in [-0.2, -0.15) is 23.2 Å². The third-order valence-corrected chi connectivity index (χ3v) is 13.9. The largest absolute Gasteiger partial charge is 1.00 e. The molecule has 2 aromatic carbocycles. The van der Waals surface area contributed by atoms with Gasteiger partial charge < -0.3 is 52.0 Å². The van der Waals surface area contributed by atoms with Crippen LogP contribution in [0, 0.1) is 23.0 Å². The van der Waals surface area contributed by atoms with Crippen molar-refractivity contribution in [3.63, 3.8) is 0 Å². The highest BCUT2D eigenvalue weighted by atomic mass is 127. The van der Waals surface area contributed by atoms with Gasteiger partial charge in [-0.15, -0.1) is 11.3 Å². The summed E-state index contributed by atoms with van der Waals surface area (Å²) in [6.45, 7) is 8.72. The molecule has 2 bridgehead atoms. The maximum absolute atomic E-state index is 15.1. The molecule has 0 amide bonds. The number of ether oxygens (including phenoxy) is 1. The molecule has 4 heterocycles. The highest BCUT2D eigenvalue weighted by molar-refractivity contribution is 7.92. The number of nitrogens with zero attached hydrogens (tertiary/aromatic N) is 6. The lowest BCUT2D eigenvalue weighted by Gasteiger charge is -2.55. The quantitative estimate of drug-likeness (QED) is 0.0210. The number of nitriles is 1. The number of fused-ring (bicyclic) bond motifs is 4. The molecule has 3 aliphatic rings. The molecular weight excluding hydrogens is 927 g/mol. The summed E-state index contributed by atoms with van der Waals surface area (Å²) in [5.41, 5.74) is 2.09. The van der Waals surface area contributed by atoms with Crippen LogP contribution in [-0.2, 0) is 24.7 Å². The molecular formula is C28H32F5IN7O9PS3. The number of quaternary nitrogens is 2. The predicted octanol–water partition coefficient (Wildman–Crippen LogP) is 1.00. The van der Waals surface area contributed by atoms with Crippen molar-refractivity contribution in [1.82, 2.24) is 4.72 Å². The molecule has 54 heavy (non-hydrogen) atoms. The minimum atomic E-state index is -6.09. The second-order valence-corrected chi connectivity index (χ2v) is 18.5. The number of azide groups is 1. The summed E-state index contributed by atoms with van der Waals surface area (Å²) in [6, 6.07) is 8.06. The average Bonchev–Trinajstić information content (AvgIpc) is 3.52. The number of halogens is 6. The van der Waals surface area contributed by atoms with E-state index >= 15 is 4.39 Å². The van der Waals surface area contributed by atoms with E-state index in [1.165, 1.54) is 12.1 Å². The second-order valence-electron chi connectivity index (χ2n) is 12.4. The number of thiophene rings is 1. The minimum absolute atomic E-state index is 0. The van der Waals surface area contributed by atoms with Crippen LogP contribution < -0.4 is 33.4 Å². The summed E-state index contributed by atoms with van der Waals surface area (Å²) in [6.07, 6.45) is 0.865. The number of nitrogens with one attached hydrogen (secondary N) is 1. The Balaban J connectivity index is 0.000000784. The molecule has 1 aromatic heterocycles. The molecule has 6 rings (SSSR count). The zero-order valence-corrected chi connectivity index (χ0v) is 33.2. The van der Waals surface area contributed by atoms with Crippen LogP contribution in [0.2, 0.25) is 0 Å². The fourth-order valence-electron chi connectivity index (χ4n) is 6.09. The first-order valence-corrected chi connectivity index (χ1v) is 20.8. The molecule has 26 heteroatoms. The van der Waals surface area contributed by atoms with Gasteiger partial charge in [0.05, 0.1) is 12.1 Å².